The number of carboxylic acid groups (broad SMARTS) is 1. The van der Waals surface area contributed by atoms with Crippen molar-refractivity contribution < 1.29 is 24.2 Å². The molecule has 0 heterocycles. The molecule has 1 N–H and O–H groups in total. The van der Waals surface area contributed by atoms with Crippen molar-refractivity contribution in [3.63, 3.8) is 0 Å². The van der Waals surface area contributed by atoms with Crippen LogP contribution in [0, 0.1) is 0 Å². The summed E-state index contributed by atoms with van der Waals surface area (Å²) in [6.45, 7) is 0. The highest BCUT2D eigenvalue weighted by Crippen LogP contribution is 2.28. The minimum Gasteiger partial charge on any atom is -0.493 e. The highest BCUT2D eigenvalue weighted by atomic mass is 79.9. The number of aliphatic imine (C=N–C) groups is 1. The lowest BCUT2D eigenvalue weighted by Gasteiger charge is -2.08. The molecular weight excluding hydrogens is 462 g/mol. The number of halogens is 1. The van der Waals surface area contributed by atoms with E-state index in [1.54, 1.807) is 42.6 Å². The highest BCUT2D eigenvalue weighted by Gasteiger charge is 2.09. The Bertz CT molecular complexity index is 1150. The molecule has 156 valence electrons. The minimum atomic E-state index is -0.989. The number of methoxy groups -OCH3 is 1. The normalized spacial score (nSPS) is 11.0. The smallest absolute Gasteiger partial charge is 0.336 e. The van der Waals surface area contributed by atoms with Gasteiger partial charge in [0.1, 0.15) is 0 Å². The molecule has 0 radical (unpaired) electrons. The van der Waals surface area contributed by atoms with Gasteiger partial charge < -0.3 is 14.6 Å². The molecule has 0 atom stereocenters. The molecule has 7 heteroatoms. The van der Waals surface area contributed by atoms with Crippen molar-refractivity contribution in [3.8, 4) is 11.5 Å². The lowest BCUT2D eigenvalue weighted by molar-refractivity contribution is -0.129. The summed E-state index contributed by atoms with van der Waals surface area (Å²) >= 11 is 3.38. The Morgan fingerprint density at radius 3 is 2.42 bits per heavy atom. The number of carbonyl (C=O) groups excluding carboxylic acids is 1. The van der Waals surface area contributed by atoms with Gasteiger partial charge in [-0.15, -0.1) is 0 Å². The van der Waals surface area contributed by atoms with Gasteiger partial charge in [0.2, 0.25) is 0 Å². The number of esters is 1. The maximum Gasteiger partial charge on any atom is 0.336 e. The first kappa shape index (κ1) is 22.0. The van der Waals surface area contributed by atoms with E-state index in [2.05, 4.69) is 20.9 Å². The molecule has 3 aromatic rings. The summed E-state index contributed by atoms with van der Waals surface area (Å²) in [5.74, 6) is -0.848. The standard InChI is InChI=1S/C24H18BrNO5/c1-30-22-14-17(15-26-20-9-7-18(8-10-20)24(28)29)5-11-21(22)31-23(27)12-6-16-3-2-4-19(25)13-16/h2-15H,1H3,(H,28,29)/b12-6+,26-15+. The number of carboxylic acids is 1. The average molecular weight is 480 g/mol. The van der Waals surface area contributed by atoms with E-state index < -0.39 is 11.9 Å². The van der Waals surface area contributed by atoms with Crippen molar-refractivity contribution in [3.05, 3.63) is 94.0 Å². The third-order valence-electron chi connectivity index (χ3n) is 4.14. The van der Waals surface area contributed by atoms with Gasteiger partial charge in [-0.2, -0.15) is 0 Å². The Balaban J connectivity index is 1.69. The summed E-state index contributed by atoms with van der Waals surface area (Å²) < 4.78 is 11.6. The van der Waals surface area contributed by atoms with Crippen molar-refractivity contribution >= 4 is 45.8 Å². The summed E-state index contributed by atoms with van der Waals surface area (Å²) in [5, 5.41) is 8.94. The summed E-state index contributed by atoms with van der Waals surface area (Å²) in [5.41, 5.74) is 2.39. The van der Waals surface area contributed by atoms with Gasteiger partial charge in [0.25, 0.3) is 0 Å². The number of nitrogens with zero attached hydrogens (tertiary/aromatic N) is 1. The number of hydrogen-bond acceptors (Lipinski definition) is 5. The van der Waals surface area contributed by atoms with Crippen molar-refractivity contribution in [1.29, 1.82) is 0 Å². The van der Waals surface area contributed by atoms with Crippen molar-refractivity contribution in [2.24, 2.45) is 4.99 Å². The Labute approximate surface area is 187 Å². The maximum absolute atomic E-state index is 12.2. The van der Waals surface area contributed by atoms with Gasteiger partial charge >= 0.3 is 11.9 Å². The second-order valence-corrected chi connectivity index (χ2v) is 7.25. The fraction of sp³-hybridized carbons (Fsp3) is 0.0417. The van der Waals surface area contributed by atoms with Crippen molar-refractivity contribution in [2.45, 2.75) is 0 Å². The molecule has 6 nitrogen and oxygen atoms in total. The maximum atomic E-state index is 12.2. The number of aromatic carboxylic acids is 1. The molecule has 0 fully saturated rings. The monoisotopic (exact) mass is 479 g/mol. The van der Waals surface area contributed by atoms with Crippen LogP contribution >= 0.6 is 15.9 Å². The van der Waals surface area contributed by atoms with Crippen LogP contribution in [0.5, 0.6) is 11.5 Å². The first-order chi connectivity index (χ1) is 14.9. The predicted octanol–water partition coefficient (Wildman–Crippen LogP) is 5.53. The molecule has 0 aliphatic rings. The van der Waals surface area contributed by atoms with E-state index in [-0.39, 0.29) is 11.3 Å². The Morgan fingerprint density at radius 2 is 1.74 bits per heavy atom. The van der Waals surface area contributed by atoms with Crippen molar-refractivity contribution in [1.82, 2.24) is 0 Å². The van der Waals surface area contributed by atoms with Crippen LogP contribution in [0.25, 0.3) is 6.08 Å². The van der Waals surface area contributed by atoms with E-state index >= 15 is 0 Å². The molecule has 31 heavy (non-hydrogen) atoms. The number of ether oxygens (including phenoxy) is 2. The largest absolute Gasteiger partial charge is 0.493 e. The molecular formula is C24H18BrNO5. The number of hydrogen-bond donors (Lipinski definition) is 1. The van der Waals surface area contributed by atoms with Crippen molar-refractivity contribution in [2.75, 3.05) is 7.11 Å². The Morgan fingerprint density at radius 1 is 0.968 bits per heavy atom. The second-order valence-electron chi connectivity index (χ2n) is 6.33. The lowest BCUT2D eigenvalue weighted by atomic mass is 10.2. The average Bonchev–Trinajstić information content (AvgIpc) is 2.77. The van der Waals surface area contributed by atoms with Crippen LogP contribution in [-0.2, 0) is 4.79 Å². The molecule has 0 amide bonds. The third-order valence-corrected chi connectivity index (χ3v) is 4.63. The molecule has 0 bridgehead atoms. The zero-order valence-electron chi connectivity index (χ0n) is 16.5. The number of benzene rings is 3. The Hall–Kier alpha value is -3.71. The summed E-state index contributed by atoms with van der Waals surface area (Å²) in [6, 6.07) is 18.8. The van der Waals surface area contributed by atoms with Gasteiger partial charge in [0, 0.05) is 16.8 Å². The van der Waals surface area contributed by atoms with Crippen LogP contribution < -0.4 is 9.47 Å². The fourth-order valence-corrected chi connectivity index (χ4v) is 3.02. The first-order valence-corrected chi connectivity index (χ1v) is 9.95. The molecule has 0 aliphatic carbocycles. The molecule has 3 aromatic carbocycles. The van der Waals surface area contributed by atoms with Gasteiger partial charge in [-0.05, 0) is 71.8 Å². The highest BCUT2D eigenvalue weighted by molar-refractivity contribution is 9.10. The quantitative estimate of drug-likeness (QED) is 0.208. The number of rotatable bonds is 7. The lowest BCUT2D eigenvalue weighted by Crippen LogP contribution is -2.05. The molecule has 0 aliphatic heterocycles. The SMILES string of the molecule is COc1cc(/C=N/c2ccc(C(=O)O)cc2)ccc1OC(=O)/C=C/c1cccc(Br)c1. The van der Waals surface area contributed by atoms with E-state index in [1.165, 1.54) is 25.3 Å². The molecule has 3 rings (SSSR count). The van der Waals surface area contributed by atoms with Gasteiger partial charge in [0.05, 0.1) is 18.4 Å². The van der Waals surface area contributed by atoms with Crippen LogP contribution in [0.3, 0.4) is 0 Å². The first-order valence-electron chi connectivity index (χ1n) is 9.15. The van der Waals surface area contributed by atoms with E-state index in [9.17, 15) is 9.59 Å². The minimum absolute atomic E-state index is 0.195. The van der Waals surface area contributed by atoms with Crippen LogP contribution in [-0.4, -0.2) is 30.4 Å². The van der Waals surface area contributed by atoms with E-state index in [1.807, 2.05) is 24.3 Å². The zero-order valence-corrected chi connectivity index (χ0v) is 18.1. The fourth-order valence-electron chi connectivity index (χ4n) is 2.60. The van der Waals surface area contributed by atoms with E-state index in [0.29, 0.717) is 11.4 Å². The predicted molar refractivity (Wildman–Crippen MR) is 122 cm³/mol. The molecule has 0 saturated carbocycles. The van der Waals surface area contributed by atoms with Gasteiger partial charge in [-0.1, -0.05) is 28.1 Å². The van der Waals surface area contributed by atoms with Gasteiger partial charge in [0.15, 0.2) is 11.5 Å². The van der Waals surface area contributed by atoms with E-state index in [0.717, 1.165) is 15.6 Å². The topological polar surface area (TPSA) is 85.2 Å². The van der Waals surface area contributed by atoms with Crippen LogP contribution in [0.1, 0.15) is 21.5 Å². The summed E-state index contributed by atoms with van der Waals surface area (Å²) in [6.07, 6.45) is 4.62. The van der Waals surface area contributed by atoms with Crippen LogP contribution in [0.4, 0.5) is 5.69 Å². The summed E-state index contributed by atoms with van der Waals surface area (Å²) in [7, 11) is 1.48. The summed E-state index contributed by atoms with van der Waals surface area (Å²) in [4.78, 5) is 27.4. The second kappa shape index (κ2) is 10.4. The van der Waals surface area contributed by atoms with Gasteiger partial charge in [-0.25, -0.2) is 9.59 Å². The molecule has 0 unspecified atom stereocenters. The Kier molecular flexibility index (Phi) is 7.35. The zero-order chi connectivity index (χ0) is 22.2. The molecule has 0 spiro atoms. The van der Waals surface area contributed by atoms with E-state index in [4.69, 9.17) is 14.6 Å². The molecule has 0 aromatic heterocycles. The van der Waals surface area contributed by atoms with Crippen LogP contribution in [0.2, 0.25) is 0 Å². The van der Waals surface area contributed by atoms with Crippen LogP contribution in [0.15, 0.2) is 82.3 Å². The van der Waals surface area contributed by atoms with Gasteiger partial charge in [-0.3, -0.25) is 4.99 Å². The number of carbonyl (C=O) groups is 2. The molecule has 0 saturated heterocycles. The third kappa shape index (κ3) is 6.38.